The smallest absolute Gasteiger partial charge is 0.260 e. The van der Waals surface area contributed by atoms with Crippen molar-refractivity contribution >= 4 is 22.9 Å². The third-order valence-corrected chi connectivity index (χ3v) is 3.16. The number of rotatable bonds is 3. The van der Waals surface area contributed by atoms with E-state index in [4.69, 9.17) is 17.3 Å². The molecule has 2 N–H and O–H groups in total. The summed E-state index contributed by atoms with van der Waals surface area (Å²) in [5.74, 6) is -2.85. The van der Waals surface area contributed by atoms with Crippen LogP contribution < -0.4 is 5.73 Å². The zero-order valence-electron chi connectivity index (χ0n) is 7.06. The molecule has 1 aromatic heterocycles. The van der Waals surface area contributed by atoms with E-state index in [1.807, 2.05) is 0 Å². The van der Waals surface area contributed by atoms with E-state index in [0.717, 1.165) is 11.8 Å². The number of halogens is 3. The van der Waals surface area contributed by atoms with Gasteiger partial charge in [0.05, 0.1) is 11.1 Å². The number of hydrogen-bond donors (Lipinski definition) is 1. The van der Waals surface area contributed by atoms with Crippen LogP contribution in [0.25, 0.3) is 0 Å². The van der Waals surface area contributed by atoms with Gasteiger partial charge in [-0.25, -0.2) is 8.78 Å². The maximum Gasteiger partial charge on any atom is 0.260 e. The van der Waals surface area contributed by atoms with Crippen molar-refractivity contribution in [3.63, 3.8) is 0 Å². The largest absolute Gasteiger partial charge is 0.322 e. The summed E-state index contributed by atoms with van der Waals surface area (Å²) < 4.78 is 25.4. The van der Waals surface area contributed by atoms with E-state index in [1.165, 1.54) is 11.3 Å². The topological polar surface area (TPSA) is 26.0 Å². The molecule has 13 heavy (non-hydrogen) atoms. The average Bonchev–Trinajstić information content (AvgIpc) is 2.34. The van der Waals surface area contributed by atoms with Gasteiger partial charge >= 0.3 is 0 Å². The Labute approximate surface area is 84.5 Å². The Morgan fingerprint density at radius 2 is 2.31 bits per heavy atom. The predicted molar refractivity (Wildman–Crippen MR) is 51.6 cm³/mol. The summed E-state index contributed by atoms with van der Waals surface area (Å²) in [5.41, 5.74) is 5.31. The van der Waals surface area contributed by atoms with Crippen LogP contribution in [0.5, 0.6) is 0 Å². The highest BCUT2D eigenvalue weighted by Crippen LogP contribution is 2.26. The number of thiophene rings is 1. The van der Waals surface area contributed by atoms with Crippen LogP contribution in [0.1, 0.15) is 11.8 Å². The zero-order valence-corrected chi connectivity index (χ0v) is 8.63. The quantitative estimate of drug-likeness (QED) is 0.841. The summed E-state index contributed by atoms with van der Waals surface area (Å²) in [4.78, 5) is 0.718. The molecule has 1 unspecified atom stereocenters. The van der Waals surface area contributed by atoms with Gasteiger partial charge in [0.1, 0.15) is 0 Å². The van der Waals surface area contributed by atoms with Gasteiger partial charge in [-0.1, -0.05) is 11.6 Å². The molecule has 0 aliphatic rings. The summed E-state index contributed by atoms with van der Waals surface area (Å²) in [6, 6.07) is 0.519. The van der Waals surface area contributed by atoms with Gasteiger partial charge in [0.25, 0.3) is 5.92 Å². The molecule has 1 heterocycles. The molecule has 0 fully saturated rings. The van der Waals surface area contributed by atoms with Gasteiger partial charge in [0, 0.05) is 18.2 Å². The molecule has 5 heteroatoms. The van der Waals surface area contributed by atoms with Crippen LogP contribution in [0, 0.1) is 0 Å². The minimum atomic E-state index is -2.85. The maximum absolute atomic E-state index is 12.7. The summed E-state index contributed by atoms with van der Waals surface area (Å²) in [6.07, 6.45) is 0.125. The lowest BCUT2D eigenvalue weighted by Gasteiger charge is -2.18. The molecule has 74 valence electrons. The van der Waals surface area contributed by atoms with Crippen molar-refractivity contribution in [1.29, 1.82) is 0 Å². The maximum atomic E-state index is 12.7. The Morgan fingerprint density at radius 1 is 1.69 bits per heavy atom. The van der Waals surface area contributed by atoms with Crippen molar-refractivity contribution < 1.29 is 8.78 Å². The molecular weight excluding hydrogens is 216 g/mol. The van der Waals surface area contributed by atoms with E-state index in [9.17, 15) is 8.78 Å². The van der Waals surface area contributed by atoms with Crippen LogP contribution in [-0.2, 0) is 6.42 Å². The average molecular weight is 226 g/mol. The summed E-state index contributed by atoms with van der Waals surface area (Å²) >= 11 is 7.09. The van der Waals surface area contributed by atoms with Crippen molar-refractivity contribution in [3.05, 3.63) is 21.3 Å². The molecule has 1 rings (SSSR count). The summed E-state index contributed by atoms with van der Waals surface area (Å²) in [6.45, 7) is 0.819. The molecule has 1 aromatic rings. The molecule has 0 saturated carbocycles. The second-order valence-electron chi connectivity index (χ2n) is 2.96. The first-order valence-corrected chi connectivity index (χ1v) is 5.02. The Kier molecular flexibility index (Phi) is 3.27. The van der Waals surface area contributed by atoms with Gasteiger partial charge in [-0.15, -0.1) is 11.3 Å². The van der Waals surface area contributed by atoms with E-state index in [2.05, 4.69) is 0 Å². The van der Waals surface area contributed by atoms with Crippen LogP contribution in [0.15, 0.2) is 11.4 Å². The van der Waals surface area contributed by atoms with Crippen molar-refractivity contribution in [3.8, 4) is 0 Å². The van der Waals surface area contributed by atoms with Crippen LogP contribution in [0.4, 0.5) is 8.78 Å². The fraction of sp³-hybridized carbons (Fsp3) is 0.500. The molecule has 0 aromatic carbocycles. The molecule has 0 aliphatic carbocycles. The van der Waals surface area contributed by atoms with E-state index in [1.54, 1.807) is 11.4 Å². The highest BCUT2D eigenvalue weighted by molar-refractivity contribution is 7.10. The zero-order chi connectivity index (χ0) is 10.1. The number of hydrogen-bond acceptors (Lipinski definition) is 2. The first kappa shape index (κ1) is 10.9. The second kappa shape index (κ2) is 3.90. The lowest BCUT2D eigenvalue weighted by Crippen LogP contribution is -2.39. The van der Waals surface area contributed by atoms with Crippen LogP contribution in [-0.4, -0.2) is 12.0 Å². The van der Waals surface area contributed by atoms with E-state index in [-0.39, 0.29) is 6.42 Å². The Hall–Kier alpha value is -0.190. The SMILES string of the molecule is CC(F)(F)C(N)Cc1sccc1Cl. The van der Waals surface area contributed by atoms with Gasteiger partial charge in [0.2, 0.25) is 0 Å². The standard InChI is InChI=1S/C8H10ClF2NS/c1-8(10,11)7(12)4-6-5(9)2-3-13-6/h2-3,7H,4,12H2,1H3. The molecule has 0 spiro atoms. The van der Waals surface area contributed by atoms with Gasteiger partial charge in [-0.05, 0) is 11.4 Å². The monoisotopic (exact) mass is 225 g/mol. The fourth-order valence-corrected chi connectivity index (χ4v) is 2.02. The first-order valence-electron chi connectivity index (χ1n) is 3.76. The molecule has 1 atom stereocenters. The lowest BCUT2D eigenvalue weighted by atomic mass is 10.1. The number of alkyl halides is 2. The van der Waals surface area contributed by atoms with Gasteiger partial charge in [-0.3, -0.25) is 0 Å². The molecule has 0 aliphatic heterocycles. The third-order valence-electron chi connectivity index (χ3n) is 1.75. The minimum absolute atomic E-state index is 0.125. The lowest BCUT2D eigenvalue weighted by molar-refractivity contribution is -0.00489. The van der Waals surface area contributed by atoms with Crippen molar-refractivity contribution in [1.82, 2.24) is 0 Å². The third kappa shape index (κ3) is 2.90. The molecule has 0 radical (unpaired) electrons. The summed E-state index contributed by atoms with van der Waals surface area (Å²) in [5, 5.41) is 2.28. The minimum Gasteiger partial charge on any atom is -0.322 e. The molecule has 0 saturated heterocycles. The van der Waals surface area contributed by atoms with Gasteiger partial charge in [-0.2, -0.15) is 0 Å². The van der Waals surface area contributed by atoms with E-state index < -0.39 is 12.0 Å². The predicted octanol–water partition coefficient (Wildman–Crippen LogP) is 2.93. The van der Waals surface area contributed by atoms with E-state index >= 15 is 0 Å². The van der Waals surface area contributed by atoms with Crippen LogP contribution >= 0.6 is 22.9 Å². The molecule has 0 bridgehead atoms. The molecular formula is C8H10ClF2NS. The Morgan fingerprint density at radius 3 is 2.69 bits per heavy atom. The fourth-order valence-electron chi connectivity index (χ4n) is 0.850. The molecule has 1 nitrogen and oxygen atoms in total. The van der Waals surface area contributed by atoms with Crippen LogP contribution in [0.2, 0.25) is 5.02 Å². The van der Waals surface area contributed by atoms with Crippen molar-refractivity contribution in [2.75, 3.05) is 0 Å². The van der Waals surface area contributed by atoms with Gasteiger partial charge < -0.3 is 5.73 Å². The second-order valence-corrected chi connectivity index (χ2v) is 4.37. The molecule has 0 amide bonds. The van der Waals surface area contributed by atoms with Crippen molar-refractivity contribution in [2.45, 2.75) is 25.3 Å². The Balaban J connectivity index is 2.65. The summed E-state index contributed by atoms with van der Waals surface area (Å²) in [7, 11) is 0. The van der Waals surface area contributed by atoms with Crippen molar-refractivity contribution in [2.24, 2.45) is 5.73 Å². The van der Waals surface area contributed by atoms with E-state index in [0.29, 0.717) is 5.02 Å². The highest BCUT2D eigenvalue weighted by Gasteiger charge is 2.31. The number of nitrogens with two attached hydrogens (primary N) is 1. The first-order chi connectivity index (χ1) is 5.91. The van der Waals surface area contributed by atoms with Gasteiger partial charge in [0.15, 0.2) is 0 Å². The highest BCUT2D eigenvalue weighted by atomic mass is 35.5. The normalized spacial score (nSPS) is 14.5. The van der Waals surface area contributed by atoms with Crippen LogP contribution in [0.3, 0.4) is 0 Å². The Bertz CT molecular complexity index is 282.